The summed E-state index contributed by atoms with van der Waals surface area (Å²) < 4.78 is 4.45. The number of nitrogens with one attached hydrogen (secondary N) is 2. The lowest BCUT2D eigenvalue weighted by atomic mass is 10.1. The van der Waals surface area contributed by atoms with Crippen LogP contribution >= 0.6 is 22.6 Å². The van der Waals surface area contributed by atoms with E-state index in [1.807, 2.05) is 111 Å². The summed E-state index contributed by atoms with van der Waals surface area (Å²) >= 11 is 2.21. The summed E-state index contributed by atoms with van der Waals surface area (Å²) in [5.74, 6) is -0.345. The van der Waals surface area contributed by atoms with E-state index < -0.39 is 0 Å². The van der Waals surface area contributed by atoms with E-state index in [1.165, 1.54) is 0 Å². The Morgan fingerprint density at radius 2 is 1.00 bits per heavy atom. The van der Waals surface area contributed by atoms with Crippen molar-refractivity contribution in [2.45, 2.75) is 24.9 Å². The number of anilines is 2. The number of benzene rings is 2. The van der Waals surface area contributed by atoms with Gasteiger partial charge >= 0.3 is 0 Å². The smallest absolute Gasteiger partial charge is 0.255 e. The average molecular weight is 1120 g/mol. The van der Waals surface area contributed by atoms with Gasteiger partial charge in [-0.25, -0.2) is 9.97 Å². The van der Waals surface area contributed by atoms with Crippen LogP contribution in [0.1, 0.15) is 71.0 Å². The number of hydrogen-bond donors (Lipinski definition) is 4. The van der Waals surface area contributed by atoms with Gasteiger partial charge in [0.15, 0.2) is 0 Å². The number of amides is 4. The molecule has 18 nitrogen and oxygen atoms in total. The summed E-state index contributed by atoms with van der Waals surface area (Å²) in [5.41, 5.74) is 20.2. The van der Waals surface area contributed by atoms with Gasteiger partial charge in [-0.1, -0.05) is 36.9 Å². The van der Waals surface area contributed by atoms with Gasteiger partial charge in [-0.2, -0.15) is 10.2 Å². The Labute approximate surface area is 447 Å². The summed E-state index contributed by atoms with van der Waals surface area (Å²) in [7, 11) is 3.65. The highest BCUT2D eigenvalue weighted by Crippen LogP contribution is 2.25. The van der Waals surface area contributed by atoms with Crippen LogP contribution in [0.5, 0.6) is 0 Å². The van der Waals surface area contributed by atoms with Crippen molar-refractivity contribution in [1.82, 2.24) is 59.9 Å². The second-order valence-electron chi connectivity index (χ2n) is 17.8. The van der Waals surface area contributed by atoms with Gasteiger partial charge in [0.25, 0.3) is 23.6 Å². The van der Waals surface area contributed by atoms with Crippen LogP contribution in [-0.4, -0.2) is 111 Å². The third-order valence-electron chi connectivity index (χ3n) is 12.4. The quantitative estimate of drug-likeness (QED) is 0.0933. The van der Waals surface area contributed by atoms with Crippen molar-refractivity contribution >= 4 is 76.1 Å². The minimum Gasteiger partial charge on any atom is -0.383 e. The van der Waals surface area contributed by atoms with Crippen LogP contribution in [0, 0.1) is 3.57 Å². The first kappa shape index (κ1) is 52.5. The molecule has 75 heavy (non-hydrogen) atoms. The molecule has 2 fully saturated rings. The van der Waals surface area contributed by atoms with Crippen molar-refractivity contribution in [2.75, 3.05) is 37.6 Å². The number of aromatic nitrogens is 8. The first-order valence-electron chi connectivity index (χ1n) is 24.0. The van der Waals surface area contributed by atoms with Gasteiger partial charge in [0.05, 0.1) is 23.5 Å². The van der Waals surface area contributed by atoms with E-state index in [0.29, 0.717) is 61.3 Å². The number of hydrogen-bond acceptors (Lipinski definition) is 12. The molecule has 2 aliphatic heterocycles. The Morgan fingerprint density at radius 3 is 1.40 bits per heavy atom. The van der Waals surface area contributed by atoms with Crippen LogP contribution in [-0.2, 0) is 14.1 Å². The molecule has 0 unspecified atom stereocenters. The number of rotatable bonds is 11. The molecule has 19 heteroatoms. The summed E-state index contributed by atoms with van der Waals surface area (Å²) in [6.45, 7) is 5.66. The van der Waals surface area contributed by atoms with Crippen molar-refractivity contribution in [3.05, 3.63) is 196 Å². The standard InChI is InChI=1S/C28H27N7O2.C21H21IN6O2.C7H7N/c1-34-17-23(16-32-34)22-14-25(26(29)31-15-22)27(36)33-24-10-13-35(18-24)28(37)21-6-4-19(5-7-21)2-3-20-8-11-30-12-9-20;1-27-11-15(10-25-27)14-8-18(19(23)24-9-14)20(29)26-17-6-7-28(12-17)21(30)13-2-4-16(22)5-3-13;1-2-7-3-5-8-6-4-7/h2-9,11-12,14-17,24H,10,13,18H2,1H3,(H2,29,31)(H,33,36);2-5,8-11,17H,6-7,12H2,1H3,(H2,23,24)(H,26,29);2-6H,1H2/b3-2+;;/t24-;17-;/m11./s1. The summed E-state index contributed by atoms with van der Waals surface area (Å²) in [6.07, 6.45) is 24.5. The van der Waals surface area contributed by atoms with E-state index >= 15 is 0 Å². The fourth-order valence-corrected chi connectivity index (χ4v) is 8.64. The highest BCUT2D eigenvalue weighted by molar-refractivity contribution is 14.1. The Morgan fingerprint density at radius 1 is 0.587 bits per heavy atom. The minimum absolute atomic E-state index is 0.0251. The average Bonchev–Trinajstić information content (AvgIpc) is 4.29. The van der Waals surface area contributed by atoms with Gasteiger partial charge in [0, 0.05) is 139 Å². The van der Waals surface area contributed by atoms with E-state index in [0.717, 1.165) is 42.5 Å². The monoisotopic (exact) mass is 1110 g/mol. The van der Waals surface area contributed by atoms with Crippen molar-refractivity contribution in [2.24, 2.45) is 14.1 Å². The Hall–Kier alpha value is -8.85. The van der Waals surface area contributed by atoms with Crippen molar-refractivity contribution < 1.29 is 19.2 Å². The van der Waals surface area contributed by atoms with Gasteiger partial charge in [-0.05, 0) is 125 Å². The number of nitrogens with two attached hydrogens (primary N) is 2. The Kier molecular flexibility index (Phi) is 17.3. The van der Waals surface area contributed by atoms with Gasteiger partial charge in [0.2, 0.25) is 0 Å². The maximum Gasteiger partial charge on any atom is 0.255 e. The van der Waals surface area contributed by atoms with Crippen molar-refractivity contribution in [1.29, 1.82) is 0 Å². The predicted molar refractivity (Wildman–Crippen MR) is 298 cm³/mol. The number of likely N-dealkylation sites (tertiary alicyclic amines) is 2. The molecule has 0 spiro atoms. The molecular formula is C56H55IN14O4. The van der Waals surface area contributed by atoms with Gasteiger partial charge in [0.1, 0.15) is 11.6 Å². The number of halogens is 1. The zero-order chi connectivity index (χ0) is 52.8. The number of pyridine rings is 4. The first-order valence-corrected chi connectivity index (χ1v) is 25.0. The minimum atomic E-state index is -0.305. The van der Waals surface area contributed by atoms with Crippen molar-refractivity contribution in [3.63, 3.8) is 0 Å². The number of carbonyl (C=O) groups is 4. The fraction of sp³-hybridized carbons (Fsp3) is 0.179. The predicted octanol–water partition coefficient (Wildman–Crippen LogP) is 7.31. The second kappa shape index (κ2) is 24.7. The molecule has 0 aliphatic carbocycles. The molecule has 2 aliphatic rings. The van der Waals surface area contributed by atoms with Gasteiger partial charge in [-0.3, -0.25) is 38.5 Å². The van der Waals surface area contributed by atoms with Crippen molar-refractivity contribution in [3.8, 4) is 22.3 Å². The summed E-state index contributed by atoms with van der Waals surface area (Å²) in [6, 6.07) is 25.8. The molecular weight excluding hydrogens is 1060 g/mol. The molecule has 6 aromatic heterocycles. The molecule has 2 atom stereocenters. The fourth-order valence-electron chi connectivity index (χ4n) is 8.28. The molecule has 8 aromatic rings. The van der Waals surface area contributed by atoms with Crippen LogP contribution in [0.25, 0.3) is 40.5 Å². The van der Waals surface area contributed by atoms with E-state index in [1.54, 1.807) is 86.9 Å². The van der Waals surface area contributed by atoms with Crippen LogP contribution < -0.4 is 22.1 Å². The molecule has 6 N–H and O–H groups in total. The molecule has 380 valence electrons. The maximum atomic E-state index is 13.0. The Bertz CT molecular complexity index is 3310. The molecule has 0 saturated carbocycles. The van der Waals surface area contributed by atoms with E-state index in [-0.39, 0.29) is 47.3 Å². The number of carbonyl (C=O) groups excluding carboxylic acids is 4. The van der Waals surface area contributed by atoms with E-state index in [9.17, 15) is 19.2 Å². The lowest BCUT2D eigenvalue weighted by Gasteiger charge is -2.18. The third-order valence-corrected chi connectivity index (χ3v) is 13.1. The zero-order valence-corrected chi connectivity index (χ0v) is 43.5. The molecule has 0 bridgehead atoms. The van der Waals surface area contributed by atoms with E-state index in [4.69, 9.17) is 11.5 Å². The lowest BCUT2D eigenvalue weighted by molar-refractivity contribution is 0.0778. The third kappa shape index (κ3) is 14.0. The van der Waals surface area contributed by atoms with Crippen LogP contribution in [0.3, 0.4) is 0 Å². The number of aryl methyl sites for hydroxylation is 2. The zero-order valence-electron chi connectivity index (χ0n) is 41.3. The van der Waals surface area contributed by atoms with Gasteiger partial charge < -0.3 is 31.9 Å². The topological polar surface area (TPSA) is 238 Å². The van der Waals surface area contributed by atoms with E-state index in [2.05, 4.69) is 69.9 Å². The van der Waals surface area contributed by atoms with Crippen LogP contribution in [0.4, 0.5) is 11.6 Å². The highest BCUT2D eigenvalue weighted by atomic mass is 127. The molecule has 10 rings (SSSR count). The number of nitrogens with zero attached hydrogens (tertiary/aromatic N) is 10. The molecule has 4 amide bonds. The lowest BCUT2D eigenvalue weighted by Crippen LogP contribution is -2.38. The largest absolute Gasteiger partial charge is 0.383 e. The maximum absolute atomic E-state index is 13.0. The van der Waals surface area contributed by atoms with Gasteiger partial charge in [-0.15, -0.1) is 0 Å². The second-order valence-corrected chi connectivity index (χ2v) is 19.0. The highest BCUT2D eigenvalue weighted by Gasteiger charge is 2.30. The van der Waals surface area contributed by atoms with Crippen LogP contribution in [0.15, 0.2) is 153 Å². The summed E-state index contributed by atoms with van der Waals surface area (Å²) in [5, 5.41) is 14.3. The number of nitrogen functional groups attached to an aromatic ring is 2. The molecule has 8 heterocycles. The molecule has 0 radical (unpaired) electrons. The van der Waals surface area contributed by atoms with Crippen LogP contribution in [0.2, 0.25) is 0 Å². The first-order chi connectivity index (χ1) is 36.3. The normalized spacial score (nSPS) is 14.8. The molecule has 2 aromatic carbocycles. The summed E-state index contributed by atoms with van der Waals surface area (Å²) in [4.78, 5) is 71.3. The molecule has 2 saturated heterocycles. The Balaban J connectivity index is 0.000000176. The SMILES string of the molecule is C=Cc1ccncc1.Cn1cc(-c2cnc(N)c(C(=O)N[C@@H]3CCN(C(=O)c4ccc(/C=C/c5ccncc5)cc4)C3)c2)cn1.Cn1cc(-c2cnc(N)c(C(=O)N[C@@H]3CCN(C(=O)c4ccc(I)cc4)C3)c2)cn1.